The lowest BCUT2D eigenvalue weighted by Gasteiger charge is -2.33. The van der Waals surface area contributed by atoms with Crippen LogP contribution in [0.2, 0.25) is 0 Å². The first-order valence-electron chi connectivity index (χ1n) is 8.47. The van der Waals surface area contributed by atoms with Crippen LogP contribution in [0.5, 0.6) is 0 Å². The van der Waals surface area contributed by atoms with E-state index in [-0.39, 0.29) is 5.91 Å². The number of nitrogens with one attached hydrogen (secondary N) is 1. The van der Waals surface area contributed by atoms with Crippen molar-refractivity contribution in [3.05, 3.63) is 53.9 Å². The van der Waals surface area contributed by atoms with Crippen LogP contribution in [0.1, 0.15) is 23.0 Å². The predicted molar refractivity (Wildman–Crippen MR) is 96.7 cm³/mol. The molecule has 5 nitrogen and oxygen atoms in total. The minimum atomic E-state index is 0.0215. The maximum Gasteiger partial charge on any atom is 0.272 e. The van der Waals surface area contributed by atoms with Gasteiger partial charge in [-0.05, 0) is 37.2 Å². The largest absolute Gasteiger partial charge is 0.354 e. The average Bonchev–Trinajstić information content (AvgIpc) is 2.64. The van der Waals surface area contributed by atoms with E-state index in [1.165, 1.54) is 5.56 Å². The maximum atomic E-state index is 12.5. The summed E-state index contributed by atoms with van der Waals surface area (Å²) < 4.78 is 0. The summed E-state index contributed by atoms with van der Waals surface area (Å²) in [6, 6.07) is 11.8. The third kappa shape index (κ3) is 3.74. The number of pyridine rings is 1. The fourth-order valence-electron chi connectivity index (χ4n) is 2.89. The zero-order valence-electron chi connectivity index (χ0n) is 14.3. The molecule has 1 aromatic carbocycles. The van der Waals surface area contributed by atoms with E-state index in [1.807, 2.05) is 29.2 Å². The number of para-hydroxylation sites is 1. The fraction of sp³-hybridized carbons (Fsp3) is 0.368. The van der Waals surface area contributed by atoms with E-state index in [0.29, 0.717) is 5.69 Å². The van der Waals surface area contributed by atoms with E-state index in [4.69, 9.17) is 0 Å². The van der Waals surface area contributed by atoms with Gasteiger partial charge in [-0.2, -0.15) is 0 Å². The number of nitrogens with zero attached hydrogens (tertiary/aromatic N) is 3. The van der Waals surface area contributed by atoms with Crippen LogP contribution in [0.4, 0.5) is 11.4 Å². The van der Waals surface area contributed by atoms with Crippen molar-refractivity contribution in [3.63, 3.8) is 0 Å². The van der Waals surface area contributed by atoms with Gasteiger partial charge < -0.3 is 15.1 Å². The number of likely N-dealkylation sites (N-methyl/N-ethyl adjacent to an activating group) is 1. The standard InChI is InChI=1S/C19H24N4O/c1-3-22-10-12-23(13-11-22)19(24)18-9-8-16(14-20-18)21-17-7-5-4-6-15(17)2/h4-9,14,21H,3,10-13H2,1-2H3. The molecule has 0 unspecified atom stereocenters. The number of amides is 1. The molecular weight excluding hydrogens is 300 g/mol. The molecule has 2 aromatic rings. The van der Waals surface area contributed by atoms with Crippen molar-refractivity contribution in [2.75, 3.05) is 38.0 Å². The van der Waals surface area contributed by atoms with Gasteiger partial charge in [0.05, 0.1) is 11.9 Å². The Bertz CT molecular complexity index is 691. The number of rotatable bonds is 4. The number of aromatic nitrogens is 1. The SMILES string of the molecule is CCN1CCN(C(=O)c2ccc(Nc3ccccc3C)cn2)CC1. The summed E-state index contributed by atoms with van der Waals surface area (Å²) in [5, 5.41) is 3.34. The maximum absolute atomic E-state index is 12.5. The molecule has 1 aliphatic heterocycles. The second-order valence-corrected chi connectivity index (χ2v) is 6.10. The summed E-state index contributed by atoms with van der Waals surface area (Å²) in [4.78, 5) is 21.1. The van der Waals surface area contributed by atoms with Crippen molar-refractivity contribution in [1.29, 1.82) is 0 Å². The van der Waals surface area contributed by atoms with Gasteiger partial charge in [0.1, 0.15) is 5.69 Å². The lowest BCUT2D eigenvalue weighted by molar-refractivity contribution is 0.0637. The highest BCUT2D eigenvalue weighted by Gasteiger charge is 2.21. The second-order valence-electron chi connectivity index (χ2n) is 6.10. The minimum Gasteiger partial charge on any atom is -0.354 e. The van der Waals surface area contributed by atoms with Crippen molar-refractivity contribution in [1.82, 2.24) is 14.8 Å². The van der Waals surface area contributed by atoms with Crippen LogP contribution < -0.4 is 5.32 Å². The molecule has 0 spiro atoms. The molecule has 24 heavy (non-hydrogen) atoms. The van der Waals surface area contributed by atoms with Gasteiger partial charge >= 0.3 is 0 Å². The zero-order valence-corrected chi connectivity index (χ0v) is 14.3. The van der Waals surface area contributed by atoms with E-state index in [9.17, 15) is 4.79 Å². The molecular formula is C19H24N4O. The number of hydrogen-bond donors (Lipinski definition) is 1. The third-order valence-corrected chi connectivity index (χ3v) is 4.51. The highest BCUT2D eigenvalue weighted by atomic mass is 16.2. The predicted octanol–water partition coefficient (Wildman–Crippen LogP) is 2.91. The molecule has 1 N–H and O–H groups in total. The summed E-state index contributed by atoms with van der Waals surface area (Å²) in [6.45, 7) is 8.68. The molecule has 126 valence electrons. The minimum absolute atomic E-state index is 0.0215. The Labute approximate surface area is 143 Å². The van der Waals surface area contributed by atoms with Crippen LogP contribution in [0.25, 0.3) is 0 Å². The Hall–Kier alpha value is -2.40. The number of carbonyl (C=O) groups is 1. The highest BCUT2D eigenvalue weighted by molar-refractivity contribution is 5.92. The first-order chi connectivity index (χ1) is 11.7. The smallest absolute Gasteiger partial charge is 0.272 e. The summed E-state index contributed by atoms with van der Waals surface area (Å²) in [6.07, 6.45) is 1.72. The molecule has 1 aromatic heterocycles. The van der Waals surface area contributed by atoms with E-state index < -0.39 is 0 Å². The Kier molecular flexibility index (Phi) is 5.11. The van der Waals surface area contributed by atoms with Gasteiger partial charge in [0.2, 0.25) is 0 Å². The van der Waals surface area contributed by atoms with Gasteiger partial charge in [-0.3, -0.25) is 4.79 Å². The van der Waals surface area contributed by atoms with E-state index in [0.717, 1.165) is 44.1 Å². The lowest BCUT2D eigenvalue weighted by atomic mass is 10.2. The summed E-state index contributed by atoms with van der Waals surface area (Å²) in [5.74, 6) is 0.0215. The van der Waals surface area contributed by atoms with Crippen molar-refractivity contribution >= 4 is 17.3 Å². The highest BCUT2D eigenvalue weighted by Crippen LogP contribution is 2.19. The molecule has 1 amide bonds. The van der Waals surface area contributed by atoms with Gasteiger partial charge in [-0.1, -0.05) is 25.1 Å². The van der Waals surface area contributed by atoms with Gasteiger partial charge in [0, 0.05) is 31.9 Å². The van der Waals surface area contributed by atoms with E-state index in [1.54, 1.807) is 12.3 Å². The number of piperazine rings is 1. The molecule has 1 aliphatic rings. The first kappa shape index (κ1) is 16.5. The molecule has 0 aliphatic carbocycles. The number of hydrogen-bond acceptors (Lipinski definition) is 4. The Morgan fingerprint density at radius 3 is 2.50 bits per heavy atom. The topological polar surface area (TPSA) is 48.5 Å². The van der Waals surface area contributed by atoms with Gasteiger partial charge in [0.25, 0.3) is 5.91 Å². The second kappa shape index (κ2) is 7.45. The molecule has 2 heterocycles. The van der Waals surface area contributed by atoms with Crippen molar-refractivity contribution in [2.45, 2.75) is 13.8 Å². The van der Waals surface area contributed by atoms with Crippen LogP contribution in [0.15, 0.2) is 42.6 Å². The Morgan fingerprint density at radius 1 is 1.12 bits per heavy atom. The number of aryl methyl sites for hydroxylation is 1. The van der Waals surface area contributed by atoms with Crippen LogP contribution in [-0.2, 0) is 0 Å². The number of carbonyl (C=O) groups excluding carboxylic acids is 1. The zero-order chi connectivity index (χ0) is 16.9. The van der Waals surface area contributed by atoms with Gasteiger partial charge in [-0.25, -0.2) is 4.98 Å². The molecule has 1 fully saturated rings. The molecule has 1 saturated heterocycles. The lowest BCUT2D eigenvalue weighted by Crippen LogP contribution is -2.48. The van der Waals surface area contributed by atoms with Crippen molar-refractivity contribution < 1.29 is 4.79 Å². The summed E-state index contributed by atoms with van der Waals surface area (Å²) in [7, 11) is 0. The van der Waals surface area contributed by atoms with Crippen LogP contribution in [-0.4, -0.2) is 53.4 Å². The average molecular weight is 324 g/mol. The van der Waals surface area contributed by atoms with Crippen LogP contribution in [0.3, 0.4) is 0 Å². The first-order valence-corrected chi connectivity index (χ1v) is 8.47. The molecule has 3 rings (SSSR count). The van der Waals surface area contributed by atoms with E-state index in [2.05, 4.69) is 35.1 Å². The Balaban J connectivity index is 1.64. The van der Waals surface area contributed by atoms with Gasteiger partial charge in [0.15, 0.2) is 0 Å². The third-order valence-electron chi connectivity index (χ3n) is 4.51. The summed E-state index contributed by atoms with van der Waals surface area (Å²) in [5.41, 5.74) is 3.62. The molecule has 0 atom stereocenters. The van der Waals surface area contributed by atoms with Crippen molar-refractivity contribution in [3.8, 4) is 0 Å². The molecule has 0 saturated carbocycles. The number of anilines is 2. The van der Waals surface area contributed by atoms with Gasteiger partial charge in [-0.15, -0.1) is 0 Å². The van der Waals surface area contributed by atoms with Crippen molar-refractivity contribution in [2.24, 2.45) is 0 Å². The quantitative estimate of drug-likeness (QED) is 0.939. The van der Waals surface area contributed by atoms with Crippen LogP contribution >= 0.6 is 0 Å². The molecule has 0 bridgehead atoms. The van der Waals surface area contributed by atoms with E-state index >= 15 is 0 Å². The summed E-state index contributed by atoms with van der Waals surface area (Å²) >= 11 is 0. The molecule has 0 radical (unpaired) electrons. The normalized spacial score (nSPS) is 15.3. The fourth-order valence-corrected chi connectivity index (χ4v) is 2.89. The molecule has 5 heteroatoms. The number of benzene rings is 1. The monoisotopic (exact) mass is 324 g/mol. The van der Waals surface area contributed by atoms with Crippen LogP contribution in [0, 0.1) is 6.92 Å². The Morgan fingerprint density at radius 2 is 1.88 bits per heavy atom.